The predicted molar refractivity (Wildman–Crippen MR) is 98.1 cm³/mol. The Labute approximate surface area is 162 Å². The molecule has 1 amide bonds. The maximum atomic E-state index is 12.7. The summed E-state index contributed by atoms with van der Waals surface area (Å²) < 4.78 is 15.7. The first kappa shape index (κ1) is 18.6. The number of fused-ring (bicyclic) bond motifs is 1. The molecule has 8 heteroatoms. The molecule has 2 fully saturated rings. The molecule has 0 N–H and O–H groups in total. The van der Waals surface area contributed by atoms with Crippen LogP contribution in [-0.2, 0) is 25.5 Å². The molecule has 4 rings (SSSR count). The molecular formula is C20H23N3O5. The van der Waals surface area contributed by atoms with Crippen molar-refractivity contribution in [3.63, 3.8) is 0 Å². The van der Waals surface area contributed by atoms with Gasteiger partial charge in [0.2, 0.25) is 17.6 Å². The molecule has 0 aliphatic carbocycles. The van der Waals surface area contributed by atoms with Gasteiger partial charge >= 0.3 is 5.97 Å². The number of nitrogens with zero attached hydrogens (tertiary/aromatic N) is 3. The van der Waals surface area contributed by atoms with Gasteiger partial charge in [0.1, 0.15) is 5.41 Å². The van der Waals surface area contributed by atoms with Gasteiger partial charge in [0.15, 0.2) is 0 Å². The second-order valence-electron chi connectivity index (χ2n) is 7.52. The zero-order chi connectivity index (χ0) is 19.7. The third kappa shape index (κ3) is 3.28. The number of esters is 1. The fourth-order valence-corrected chi connectivity index (χ4v) is 4.05. The largest absolute Gasteiger partial charge is 0.468 e. The van der Waals surface area contributed by atoms with E-state index in [1.165, 1.54) is 7.11 Å². The van der Waals surface area contributed by atoms with Gasteiger partial charge in [-0.15, -0.1) is 0 Å². The van der Waals surface area contributed by atoms with Crippen molar-refractivity contribution in [3.8, 4) is 11.4 Å². The van der Waals surface area contributed by atoms with Gasteiger partial charge in [-0.05, 0) is 13.0 Å². The Balaban J connectivity index is 1.37. The van der Waals surface area contributed by atoms with Crippen molar-refractivity contribution < 1.29 is 23.6 Å². The maximum Gasteiger partial charge on any atom is 0.316 e. The van der Waals surface area contributed by atoms with E-state index in [0.717, 1.165) is 11.1 Å². The van der Waals surface area contributed by atoms with Crippen molar-refractivity contribution in [1.29, 1.82) is 0 Å². The van der Waals surface area contributed by atoms with E-state index in [4.69, 9.17) is 14.0 Å². The molecule has 2 aliphatic rings. The molecule has 2 aliphatic heterocycles. The average Bonchev–Trinajstić information content (AvgIpc) is 3.39. The molecule has 1 aromatic carbocycles. The van der Waals surface area contributed by atoms with Gasteiger partial charge in [-0.25, -0.2) is 0 Å². The number of carbonyl (C=O) groups excluding carboxylic acids is 2. The number of benzene rings is 1. The molecule has 3 heterocycles. The Morgan fingerprint density at radius 1 is 1.39 bits per heavy atom. The second kappa shape index (κ2) is 7.35. The standard InChI is InChI=1S/C20H23N3O5/c1-13-4-3-5-14(8-13)18-21-16(28-22-18)6-7-17(24)23-9-15-10-27-12-20(15,11-23)19(25)26-2/h3-5,8,15H,6-7,9-12H2,1-2H3/t15-,20-/m0/s1. The first-order chi connectivity index (χ1) is 13.5. The molecule has 1 aromatic heterocycles. The number of likely N-dealkylation sites (tertiary alicyclic amines) is 1. The molecule has 2 saturated heterocycles. The number of hydrogen-bond acceptors (Lipinski definition) is 7. The number of amides is 1. The number of ether oxygens (including phenoxy) is 2. The van der Waals surface area contributed by atoms with Crippen molar-refractivity contribution in [2.75, 3.05) is 33.4 Å². The van der Waals surface area contributed by atoms with Crippen LogP contribution in [0.25, 0.3) is 11.4 Å². The lowest BCUT2D eigenvalue weighted by molar-refractivity contribution is -0.153. The van der Waals surface area contributed by atoms with E-state index in [9.17, 15) is 9.59 Å². The van der Waals surface area contributed by atoms with Gasteiger partial charge in [-0.1, -0.05) is 28.9 Å². The molecule has 0 saturated carbocycles. The fourth-order valence-electron chi connectivity index (χ4n) is 4.05. The van der Waals surface area contributed by atoms with E-state index in [1.54, 1.807) is 4.90 Å². The normalized spacial score (nSPS) is 23.6. The topological polar surface area (TPSA) is 94.8 Å². The van der Waals surface area contributed by atoms with Crippen LogP contribution in [-0.4, -0.2) is 60.3 Å². The van der Waals surface area contributed by atoms with Gasteiger partial charge in [0, 0.05) is 37.4 Å². The van der Waals surface area contributed by atoms with E-state index in [0.29, 0.717) is 44.4 Å². The highest BCUT2D eigenvalue weighted by Gasteiger charge is 2.57. The Bertz CT molecular complexity index is 895. The molecular weight excluding hydrogens is 362 g/mol. The minimum atomic E-state index is -0.729. The number of rotatable bonds is 5. The molecule has 0 unspecified atom stereocenters. The molecule has 148 valence electrons. The summed E-state index contributed by atoms with van der Waals surface area (Å²) in [5.74, 6) is 0.595. The first-order valence-corrected chi connectivity index (χ1v) is 9.35. The summed E-state index contributed by atoms with van der Waals surface area (Å²) in [6.07, 6.45) is 0.612. The van der Waals surface area contributed by atoms with Crippen LogP contribution in [0.4, 0.5) is 0 Å². The first-order valence-electron chi connectivity index (χ1n) is 9.35. The Morgan fingerprint density at radius 2 is 2.25 bits per heavy atom. The van der Waals surface area contributed by atoms with Crippen molar-refractivity contribution in [2.24, 2.45) is 11.3 Å². The summed E-state index contributed by atoms with van der Waals surface area (Å²) in [6.45, 7) is 3.62. The molecule has 8 nitrogen and oxygen atoms in total. The van der Waals surface area contributed by atoms with E-state index in [2.05, 4.69) is 10.1 Å². The third-order valence-corrected chi connectivity index (χ3v) is 5.62. The summed E-state index contributed by atoms with van der Waals surface area (Å²) in [4.78, 5) is 31.0. The fraction of sp³-hybridized carbons (Fsp3) is 0.500. The van der Waals surface area contributed by atoms with Crippen LogP contribution >= 0.6 is 0 Å². The summed E-state index contributed by atoms with van der Waals surface area (Å²) in [5, 5.41) is 4.01. The van der Waals surface area contributed by atoms with Gasteiger partial charge in [-0.3, -0.25) is 9.59 Å². The van der Waals surface area contributed by atoms with Crippen LogP contribution < -0.4 is 0 Å². The van der Waals surface area contributed by atoms with Crippen molar-refractivity contribution >= 4 is 11.9 Å². The molecule has 28 heavy (non-hydrogen) atoms. The number of hydrogen-bond donors (Lipinski definition) is 0. The van der Waals surface area contributed by atoms with Crippen LogP contribution in [0.3, 0.4) is 0 Å². The Kier molecular flexibility index (Phi) is 4.89. The molecule has 0 spiro atoms. The van der Waals surface area contributed by atoms with E-state index >= 15 is 0 Å². The van der Waals surface area contributed by atoms with Crippen LogP contribution in [0.5, 0.6) is 0 Å². The third-order valence-electron chi connectivity index (χ3n) is 5.62. The molecule has 2 aromatic rings. The number of carbonyl (C=O) groups is 2. The summed E-state index contributed by atoms with van der Waals surface area (Å²) >= 11 is 0. The second-order valence-corrected chi connectivity index (χ2v) is 7.52. The van der Waals surface area contributed by atoms with Gasteiger partial charge < -0.3 is 18.9 Å². The predicted octanol–water partition coefficient (Wildman–Crippen LogP) is 1.63. The minimum Gasteiger partial charge on any atom is -0.468 e. The quantitative estimate of drug-likeness (QED) is 0.722. The van der Waals surface area contributed by atoms with Crippen LogP contribution in [0.1, 0.15) is 17.9 Å². The van der Waals surface area contributed by atoms with Crippen LogP contribution in [0.15, 0.2) is 28.8 Å². The smallest absolute Gasteiger partial charge is 0.316 e. The average molecular weight is 385 g/mol. The lowest BCUT2D eigenvalue weighted by atomic mass is 9.81. The molecule has 0 radical (unpaired) electrons. The summed E-state index contributed by atoms with van der Waals surface area (Å²) in [6, 6.07) is 7.84. The SMILES string of the molecule is COC(=O)[C@@]12COC[C@@H]1CN(C(=O)CCc1nc(-c3cccc(C)c3)no1)C2. The monoisotopic (exact) mass is 385 g/mol. The van der Waals surface area contributed by atoms with E-state index in [-0.39, 0.29) is 24.2 Å². The van der Waals surface area contributed by atoms with Gasteiger partial charge in [-0.2, -0.15) is 4.98 Å². The van der Waals surface area contributed by atoms with E-state index < -0.39 is 5.41 Å². The number of aromatic nitrogens is 2. The Hall–Kier alpha value is -2.74. The van der Waals surface area contributed by atoms with Gasteiger partial charge in [0.25, 0.3) is 0 Å². The van der Waals surface area contributed by atoms with Crippen molar-refractivity contribution in [2.45, 2.75) is 19.8 Å². The zero-order valence-electron chi connectivity index (χ0n) is 16.0. The lowest BCUT2D eigenvalue weighted by Gasteiger charge is -2.23. The Morgan fingerprint density at radius 3 is 3.04 bits per heavy atom. The van der Waals surface area contributed by atoms with Crippen molar-refractivity contribution in [1.82, 2.24) is 15.0 Å². The number of aryl methyl sites for hydroxylation is 2. The number of methoxy groups -OCH3 is 1. The highest BCUT2D eigenvalue weighted by Crippen LogP contribution is 2.42. The van der Waals surface area contributed by atoms with Crippen LogP contribution in [0.2, 0.25) is 0 Å². The zero-order valence-corrected chi connectivity index (χ0v) is 16.0. The highest BCUT2D eigenvalue weighted by atomic mass is 16.5. The maximum absolute atomic E-state index is 12.7. The minimum absolute atomic E-state index is 0.0137. The molecule has 2 atom stereocenters. The van der Waals surface area contributed by atoms with E-state index in [1.807, 2.05) is 31.2 Å². The molecule has 0 bridgehead atoms. The summed E-state index contributed by atoms with van der Waals surface area (Å²) in [5.41, 5.74) is 1.27. The highest BCUT2D eigenvalue weighted by molar-refractivity contribution is 5.82. The summed E-state index contributed by atoms with van der Waals surface area (Å²) in [7, 11) is 1.37. The van der Waals surface area contributed by atoms with Crippen molar-refractivity contribution in [3.05, 3.63) is 35.7 Å². The lowest BCUT2D eigenvalue weighted by Crippen LogP contribution is -2.41. The van der Waals surface area contributed by atoms with Gasteiger partial charge in [0.05, 0.1) is 20.3 Å². The van der Waals surface area contributed by atoms with Crippen LogP contribution in [0, 0.1) is 18.3 Å².